The van der Waals surface area contributed by atoms with E-state index in [1.165, 1.54) is 10.4 Å². The summed E-state index contributed by atoms with van der Waals surface area (Å²) in [5, 5.41) is 1.08. The molecule has 1 aromatic carbocycles. The maximum Gasteiger partial charge on any atom is 0.124 e. The van der Waals surface area contributed by atoms with Crippen LogP contribution in [0.4, 0.5) is 0 Å². The monoisotopic (exact) mass is 218 g/mol. The van der Waals surface area contributed by atoms with Gasteiger partial charge in [-0.2, -0.15) is 0 Å². The Balaban J connectivity index is 2.53. The number of hydrogen-bond donors (Lipinski definition) is 1. The van der Waals surface area contributed by atoms with E-state index in [-0.39, 0.29) is 0 Å². The van der Waals surface area contributed by atoms with Crippen LogP contribution >= 0.6 is 11.3 Å². The lowest BCUT2D eigenvalue weighted by atomic mass is 10.1. The smallest absolute Gasteiger partial charge is 0.124 e. The summed E-state index contributed by atoms with van der Waals surface area (Å²) in [6.07, 6.45) is 0. The van der Waals surface area contributed by atoms with Crippen molar-refractivity contribution in [1.82, 2.24) is 4.98 Å². The van der Waals surface area contributed by atoms with E-state index in [0.717, 1.165) is 16.3 Å². The van der Waals surface area contributed by atoms with Crippen molar-refractivity contribution >= 4 is 11.3 Å². The van der Waals surface area contributed by atoms with Crippen molar-refractivity contribution in [2.75, 3.05) is 0 Å². The number of nitrogens with zero attached hydrogens (tertiary/aromatic N) is 1. The Hall–Kier alpha value is -1.19. The largest absolute Gasteiger partial charge is 0.326 e. The van der Waals surface area contributed by atoms with Crippen molar-refractivity contribution in [1.29, 1.82) is 0 Å². The Morgan fingerprint density at radius 2 is 2.00 bits per heavy atom. The summed E-state index contributed by atoms with van der Waals surface area (Å²) in [4.78, 5) is 5.83. The van der Waals surface area contributed by atoms with Gasteiger partial charge >= 0.3 is 0 Å². The lowest BCUT2D eigenvalue weighted by Crippen LogP contribution is -1.98. The van der Waals surface area contributed by atoms with Crippen molar-refractivity contribution < 1.29 is 0 Å². The summed E-state index contributed by atoms with van der Waals surface area (Å²) in [7, 11) is 0. The average Bonchev–Trinajstić information content (AvgIpc) is 2.59. The second-order valence-corrected chi connectivity index (χ2v) is 4.73. The molecular weight excluding hydrogens is 204 g/mol. The molecule has 0 aliphatic carbocycles. The highest BCUT2D eigenvalue weighted by Gasteiger charge is 2.08. The van der Waals surface area contributed by atoms with Crippen LogP contribution in [0.2, 0.25) is 0 Å². The van der Waals surface area contributed by atoms with Gasteiger partial charge in [-0.05, 0) is 19.4 Å². The zero-order valence-corrected chi connectivity index (χ0v) is 9.77. The third-order valence-electron chi connectivity index (χ3n) is 2.50. The molecule has 0 atom stereocenters. The van der Waals surface area contributed by atoms with Gasteiger partial charge in [0.05, 0.1) is 5.69 Å². The molecule has 2 N–H and O–H groups in total. The van der Waals surface area contributed by atoms with Crippen LogP contribution in [0.1, 0.15) is 16.1 Å². The standard InChI is InChI=1S/C12H14N2S/c1-8-9(2)15-12(14-8)11-6-4-3-5-10(11)7-13/h3-6H,7,13H2,1-2H3. The predicted molar refractivity (Wildman–Crippen MR) is 64.9 cm³/mol. The first-order valence-electron chi connectivity index (χ1n) is 4.94. The van der Waals surface area contributed by atoms with Crippen LogP contribution in [-0.4, -0.2) is 4.98 Å². The number of thiazole rings is 1. The summed E-state index contributed by atoms with van der Waals surface area (Å²) in [5.74, 6) is 0. The number of aromatic nitrogens is 1. The van der Waals surface area contributed by atoms with Crippen LogP contribution in [0.5, 0.6) is 0 Å². The van der Waals surface area contributed by atoms with E-state index in [1.54, 1.807) is 11.3 Å². The topological polar surface area (TPSA) is 38.9 Å². The Bertz CT molecular complexity index is 455. The Kier molecular flexibility index (Phi) is 2.84. The van der Waals surface area contributed by atoms with E-state index in [9.17, 15) is 0 Å². The first-order valence-corrected chi connectivity index (χ1v) is 5.76. The van der Waals surface area contributed by atoms with Crippen LogP contribution < -0.4 is 5.73 Å². The van der Waals surface area contributed by atoms with Gasteiger partial charge in [0.2, 0.25) is 0 Å². The third-order valence-corrected chi connectivity index (χ3v) is 3.60. The van der Waals surface area contributed by atoms with E-state index in [0.29, 0.717) is 6.54 Å². The summed E-state index contributed by atoms with van der Waals surface area (Å²) in [6.45, 7) is 4.70. The fraction of sp³-hybridized carbons (Fsp3) is 0.250. The van der Waals surface area contributed by atoms with Crippen molar-refractivity contribution in [3.8, 4) is 10.6 Å². The maximum absolute atomic E-state index is 5.71. The van der Waals surface area contributed by atoms with Crippen LogP contribution in [0, 0.1) is 13.8 Å². The van der Waals surface area contributed by atoms with E-state index >= 15 is 0 Å². The van der Waals surface area contributed by atoms with Crippen molar-refractivity contribution in [3.63, 3.8) is 0 Å². The van der Waals surface area contributed by atoms with Gasteiger partial charge in [0, 0.05) is 17.0 Å². The highest BCUT2D eigenvalue weighted by Crippen LogP contribution is 2.29. The lowest BCUT2D eigenvalue weighted by molar-refractivity contribution is 1.07. The van der Waals surface area contributed by atoms with Crippen LogP contribution in [-0.2, 0) is 6.54 Å². The molecule has 2 aromatic rings. The van der Waals surface area contributed by atoms with Gasteiger partial charge in [0.15, 0.2) is 0 Å². The normalized spacial score (nSPS) is 10.6. The van der Waals surface area contributed by atoms with Gasteiger partial charge in [-0.1, -0.05) is 24.3 Å². The fourth-order valence-electron chi connectivity index (χ4n) is 1.49. The lowest BCUT2D eigenvalue weighted by Gasteiger charge is -2.03. The molecule has 0 amide bonds. The van der Waals surface area contributed by atoms with E-state index in [1.807, 2.05) is 19.1 Å². The quantitative estimate of drug-likeness (QED) is 0.841. The van der Waals surface area contributed by atoms with Crippen LogP contribution in [0.25, 0.3) is 10.6 Å². The van der Waals surface area contributed by atoms with E-state index in [4.69, 9.17) is 5.73 Å². The Morgan fingerprint density at radius 3 is 2.60 bits per heavy atom. The molecule has 0 radical (unpaired) electrons. The molecule has 3 heteroatoms. The molecule has 0 fully saturated rings. The van der Waals surface area contributed by atoms with Gasteiger partial charge in [-0.15, -0.1) is 11.3 Å². The number of hydrogen-bond acceptors (Lipinski definition) is 3. The number of nitrogens with two attached hydrogens (primary N) is 1. The zero-order chi connectivity index (χ0) is 10.8. The van der Waals surface area contributed by atoms with Gasteiger partial charge in [0.1, 0.15) is 5.01 Å². The molecule has 0 unspecified atom stereocenters. The summed E-state index contributed by atoms with van der Waals surface area (Å²) >= 11 is 1.73. The molecule has 0 aliphatic heterocycles. The van der Waals surface area contributed by atoms with E-state index in [2.05, 4.69) is 24.0 Å². The zero-order valence-electron chi connectivity index (χ0n) is 8.95. The highest BCUT2D eigenvalue weighted by molar-refractivity contribution is 7.15. The fourth-order valence-corrected chi connectivity index (χ4v) is 2.47. The minimum absolute atomic E-state index is 0.563. The summed E-state index contributed by atoms with van der Waals surface area (Å²) in [6, 6.07) is 8.18. The molecule has 0 spiro atoms. The Morgan fingerprint density at radius 1 is 1.27 bits per heavy atom. The Labute approximate surface area is 93.8 Å². The van der Waals surface area contributed by atoms with Crippen molar-refractivity contribution in [2.45, 2.75) is 20.4 Å². The molecule has 0 aliphatic rings. The first kappa shape index (κ1) is 10.3. The second-order valence-electron chi connectivity index (χ2n) is 3.52. The minimum atomic E-state index is 0.563. The maximum atomic E-state index is 5.71. The summed E-state index contributed by atoms with van der Waals surface area (Å²) in [5.41, 5.74) is 9.15. The number of benzene rings is 1. The minimum Gasteiger partial charge on any atom is -0.326 e. The molecule has 15 heavy (non-hydrogen) atoms. The van der Waals surface area contributed by atoms with Gasteiger partial charge < -0.3 is 5.73 Å². The van der Waals surface area contributed by atoms with E-state index < -0.39 is 0 Å². The molecule has 2 rings (SSSR count). The number of rotatable bonds is 2. The third kappa shape index (κ3) is 1.94. The number of aryl methyl sites for hydroxylation is 2. The van der Waals surface area contributed by atoms with Crippen LogP contribution in [0.15, 0.2) is 24.3 Å². The molecule has 0 saturated heterocycles. The molecule has 78 valence electrons. The van der Waals surface area contributed by atoms with Crippen molar-refractivity contribution in [2.24, 2.45) is 5.73 Å². The van der Waals surface area contributed by atoms with Gasteiger partial charge in [-0.3, -0.25) is 0 Å². The SMILES string of the molecule is Cc1nc(-c2ccccc2CN)sc1C. The molecule has 0 saturated carbocycles. The highest BCUT2D eigenvalue weighted by atomic mass is 32.1. The molecule has 2 nitrogen and oxygen atoms in total. The second kappa shape index (κ2) is 4.13. The molecule has 1 aromatic heterocycles. The van der Waals surface area contributed by atoms with Crippen molar-refractivity contribution in [3.05, 3.63) is 40.4 Å². The van der Waals surface area contributed by atoms with Gasteiger partial charge in [0.25, 0.3) is 0 Å². The first-order chi connectivity index (χ1) is 7.22. The molecular formula is C12H14N2S. The molecule has 1 heterocycles. The average molecular weight is 218 g/mol. The summed E-state index contributed by atoms with van der Waals surface area (Å²) < 4.78 is 0. The molecule has 0 bridgehead atoms. The van der Waals surface area contributed by atoms with Crippen LogP contribution in [0.3, 0.4) is 0 Å². The predicted octanol–water partition coefficient (Wildman–Crippen LogP) is 2.89. The van der Waals surface area contributed by atoms with Gasteiger partial charge in [-0.25, -0.2) is 4.98 Å².